The van der Waals surface area contributed by atoms with Crippen molar-refractivity contribution < 1.29 is 0 Å². The number of nitrogens with two attached hydrogens (primary N) is 1. The van der Waals surface area contributed by atoms with Gasteiger partial charge in [0.25, 0.3) is 0 Å². The average molecular weight is 232 g/mol. The van der Waals surface area contributed by atoms with E-state index in [1.165, 1.54) is 30.6 Å². The Kier molecular flexibility index (Phi) is 4.19. The van der Waals surface area contributed by atoms with Crippen molar-refractivity contribution in [2.45, 2.75) is 33.4 Å². The van der Waals surface area contributed by atoms with E-state index in [-0.39, 0.29) is 0 Å². The second-order valence-corrected chi connectivity index (χ2v) is 5.61. The van der Waals surface area contributed by atoms with Crippen molar-refractivity contribution in [3.05, 3.63) is 35.4 Å². The summed E-state index contributed by atoms with van der Waals surface area (Å²) in [7, 11) is 0. The van der Waals surface area contributed by atoms with Crippen molar-refractivity contribution in [1.82, 2.24) is 4.90 Å². The highest BCUT2D eigenvalue weighted by Crippen LogP contribution is 2.23. The molecule has 0 unspecified atom stereocenters. The zero-order chi connectivity index (χ0) is 12.3. The van der Waals surface area contributed by atoms with Crippen LogP contribution in [0.25, 0.3) is 0 Å². The van der Waals surface area contributed by atoms with Crippen molar-refractivity contribution in [2.24, 2.45) is 17.6 Å². The van der Waals surface area contributed by atoms with E-state index in [0.29, 0.717) is 6.54 Å². The molecule has 2 atom stereocenters. The van der Waals surface area contributed by atoms with E-state index in [2.05, 4.69) is 43.0 Å². The molecule has 2 nitrogen and oxygen atoms in total. The van der Waals surface area contributed by atoms with Gasteiger partial charge in [0.15, 0.2) is 0 Å². The van der Waals surface area contributed by atoms with E-state index in [1.54, 1.807) is 0 Å². The minimum atomic E-state index is 0.648. The van der Waals surface area contributed by atoms with Gasteiger partial charge in [0.05, 0.1) is 0 Å². The Morgan fingerprint density at radius 2 is 1.71 bits per heavy atom. The van der Waals surface area contributed by atoms with Crippen LogP contribution in [0.15, 0.2) is 24.3 Å². The van der Waals surface area contributed by atoms with Crippen molar-refractivity contribution in [1.29, 1.82) is 0 Å². The third-order valence-corrected chi connectivity index (χ3v) is 3.68. The molecule has 1 saturated heterocycles. The predicted octanol–water partition coefficient (Wildman–Crippen LogP) is 2.62. The highest BCUT2D eigenvalue weighted by Gasteiger charge is 2.21. The van der Waals surface area contributed by atoms with Crippen LogP contribution >= 0.6 is 0 Å². The first-order valence-electron chi connectivity index (χ1n) is 6.68. The van der Waals surface area contributed by atoms with Crippen molar-refractivity contribution in [2.75, 3.05) is 13.1 Å². The number of piperidine rings is 1. The fourth-order valence-corrected chi connectivity index (χ4v) is 3.07. The van der Waals surface area contributed by atoms with Crippen LogP contribution in [0.1, 0.15) is 31.4 Å². The third-order valence-electron chi connectivity index (χ3n) is 3.68. The number of hydrogen-bond donors (Lipinski definition) is 1. The summed E-state index contributed by atoms with van der Waals surface area (Å²) in [6, 6.07) is 8.55. The molecular weight excluding hydrogens is 208 g/mol. The zero-order valence-corrected chi connectivity index (χ0v) is 11.0. The van der Waals surface area contributed by atoms with Gasteiger partial charge in [-0.25, -0.2) is 0 Å². The summed E-state index contributed by atoms with van der Waals surface area (Å²) < 4.78 is 0. The molecule has 0 saturated carbocycles. The van der Waals surface area contributed by atoms with Gasteiger partial charge < -0.3 is 5.73 Å². The molecule has 0 radical (unpaired) electrons. The number of nitrogens with zero attached hydrogens (tertiary/aromatic N) is 1. The molecule has 2 rings (SSSR count). The van der Waals surface area contributed by atoms with Crippen LogP contribution in [0.4, 0.5) is 0 Å². The summed E-state index contributed by atoms with van der Waals surface area (Å²) >= 11 is 0. The fourth-order valence-electron chi connectivity index (χ4n) is 3.07. The SMILES string of the molecule is C[C@H]1C[C@H](C)CN(Cc2ccccc2CN)C1. The van der Waals surface area contributed by atoms with Gasteiger partial charge in [-0.05, 0) is 29.4 Å². The second-order valence-electron chi connectivity index (χ2n) is 5.61. The number of rotatable bonds is 3. The lowest BCUT2D eigenvalue weighted by Gasteiger charge is -2.35. The maximum atomic E-state index is 5.79. The Morgan fingerprint density at radius 3 is 2.29 bits per heavy atom. The molecule has 2 heteroatoms. The van der Waals surface area contributed by atoms with Crippen molar-refractivity contribution in [3.8, 4) is 0 Å². The molecule has 1 fully saturated rings. The van der Waals surface area contributed by atoms with Gasteiger partial charge in [-0.2, -0.15) is 0 Å². The number of likely N-dealkylation sites (tertiary alicyclic amines) is 1. The molecule has 1 heterocycles. The van der Waals surface area contributed by atoms with Crippen LogP contribution < -0.4 is 5.73 Å². The molecule has 94 valence electrons. The molecule has 0 aromatic heterocycles. The Balaban J connectivity index is 2.04. The van der Waals surface area contributed by atoms with E-state index < -0.39 is 0 Å². The minimum Gasteiger partial charge on any atom is -0.326 e. The first kappa shape index (κ1) is 12.6. The summed E-state index contributed by atoms with van der Waals surface area (Å²) in [5.41, 5.74) is 8.48. The second kappa shape index (κ2) is 5.65. The standard InChI is InChI=1S/C15H24N2/c1-12-7-13(2)10-17(9-12)11-15-6-4-3-5-14(15)8-16/h3-6,12-13H,7-11,16H2,1-2H3/t12-,13-/m0/s1. The van der Waals surface area contributed by atoms with Crippen molar-refractivity contribution in [3.63, 3.8) is 0 Å². The first-order valence-corrected chi connectivity index (χ1v) is 6.68. The quantitative estimate of drug-likeness (QED) is 0.868. The monoisotopic (exact) mass is 232 g/mol. The smallest absolute Gasteiger partial charge is 0.0237 e. The van der Waals surface area contributed by atoms with Crippen LogP contribution in [0.2, 0.25) is 0 Å². The van der Waals surface area contributed by atoms with E-state index >= 15 is 0 Å². The summed E-state index contributed by atoms with van der Waals surface area (Å²) in [5, 5.41) is 0. The van der Waals surface area contributed by atoms with Gasteiger partial charge in [0.2, 0.25) is 0 Å². The van der Waals surface area contributed by atoms with E-state index in [9.17, 15) is 0 Å². The van der Waals surface area contributed by atoms with Gasteiger partial charge in [0.1, 0.15) is 0 Å². The number of benzene rings is 1. The molecule has 1 aliphatic rings. The largest absolute Gasteiger partial charge is 0.326 e. The first-order chi connectivity index (χ1) is 8.19. The molecule has 1 aromatic carbocycles. The maximum Gasteiger partial charge on any atom is 0.0237 e. The minimum absolute atomic E-state index is 0.648. The Labute approximate surface area is 105 Å². The molecule has 0 spiro atoms. The Hall–Kier alpha value is -0.860. The molecule has 0 bridgehead atoms. The Bertz CT molecular complexity index is 352. The highest BCUT2D eigenvalue weighted by molar-refractivity contribution is 5.26. The summed E-state index contributed by atoms with van der Waals surface area (Å²) in [4.78, 5) is 2.58. The molecule has 2 N–H and O–H groups in total. The summed E-state index contributed by atoms with van der Waals surface area (Å²) in [6.07, 6.45) is 1.37. The average Bonchev–Trinajstić information content (AvgIpc) is 2.28. The molecule has 0 aliphatic carbocycles. The molecule has 0 amide bonds. The van der Waals surface area contributed by atoms with Crippen LogP contribution in [-0.2, 0) is 13.1 Å². The van der Waals surface area contributed by atoms with Gasteiger partial charge in [-0.1, -0.05) is 38.1 Å². The topological polar surface area (TPSA) is 29.3 Å². The zero-order valence-electron chi connectivity index (χ0n) is 11.0. The van der Waals surface area contributed by atoms with Crippen LogP contribution in [0, 0.1) is 11.8 Å². The highest BCUT2D eigenvalue weighted by atomic mass is 15.1. The Morgan fingerprint density at radius 1 is 1.12 bits per heavy atom. The van der Waals surface area contributed by atoms with Crippen molar-refractivity contribution >= 4 is 0 Å². The van der Waals surface area contributed by atoms with Gasteiger partial charge in [-0.3, -0.25) is 4.90 Å². The molecule has 1 aromatic rings. The molecule has 1 aliphatic heterocycles. The van der Waals surface area contributed by atoms with Gasteiger partial charge in [0, 0.05) is 26.2 Å². The normalized spacial score (nSPS) is 26.1. The van der Waals surface area contributed by atoms with Gasteiger partial charge in [-0.15, -0.1) is 0 Å². The van der Waals surface area contributed by atoms with E-state index in [1.807, 2.05) is 0 Å². The van der Waals surface area contributed by atoms with Crippen LogP contribution in [0.5, 0.6) is 0 Å². The lowest BCUT2D eigenvalue weighted by molar-refractivity contribution is 0.134. The van der Waals surface area contributed by atoms with Crippen LogP contribution in [-0.4, -0.2) is 18.0 Å². The fraction of sp³-hybridized carbons (Fsp3) is 0.600. The lowest BCUT2D eigenvalue weighted by Crippen LogP contribution is -2.38. The van der Waals surface area contributed by atoms with Gasteiger partial charge >= 0.3 is 0 Å². The molecule has 17 heavy (non-hydrogen) atoms. The third kappa shape index (κ3) is 3.30. The number of hydrogen-bond acceptors (Lipinski definition) is 2. The molecular formula is C15H24N2. The summed E-state index contributed by atoms with van der Waals surface area (Å²) in [5.74, 6) is 1.65. The predicted molar refractivity (Wildman–Crippen MR) is 72.6 cm³/mol. The summed E-state index contributed by atoms with van der Waals surface area (Å²) in [6.45, 7) is 8.87. The van der Waals surface area contributed by atoms with E-state index in [0.717, 1.165) is 18.4 Å². The maximum absolute atomic E-state index is 5.79. The van der Waals surface area contributed by atoms with Crippen LogP contribution in [0.3, 0.4) is 0 Å². The lowest BCUT2D eigenvalue weighted by atomic mass is 9.91. The van der Waals surface area contributed by atoms with E-state index in [4.69, 9.17) is 5.73 Å².